The van der Waals surface area contributed by atoms with E-state index in [-0.39, 0.29) is 0 Å². The summed E-state index contributed by atoms with van der Waals surface area (Å²) in [5, 5.41) is 4.61. The van der Waals surface area contributed by atoms with Gasteiger partial charge < -0.3 is 4.74 Å². The lowest BCUT2D eigenvalue weighted by Gasteiger charge is -2.23. The fourth-order valence-corrected chi connectivity index (χ4v) is 2.18. The average Bonchev–Trinajstić information content (AvgIpc) is 2.59. The first kappa shape index (κ1) is 8.52. The van der Waals surface area contributed by atoms with Gasteiger partial charge in [0.25, 0.3) is 0 Å². The Morgan fingerprint density at radius 2 is 2.17 bits per heavy atom. The summed E-state index contributed by atoms with van der Waals surface area (Å²) < 4.78 is 5.60. The van der Waals surface area contributed by atoms with Crippen LogP contribution in [0.2, 0.25) is 0 Å². The molecule has 0 bridgehead atoms. The standard InChI is InChI=1S/C10H18NO/c1-2-6-11-9(4-1)8-10-5-3-7-12-10/h9-10H,1-8H2. The largest absolute Gasteiger partial charge is 0.378 e. The summed E-state index contributed by atoms with van der Waals surface area (Å²) >= 11 is 0. The van der Waals surface area contributed by atoms with E-state index in [2.05, 4.69) is 5.32 Å². The van der Waals surface area contributed by atoms with E-state index in [0.29, 0.717) is 12.1 Å². The Labute approximate surface area is 74.7 Å². The molecule has 2 unspecified atom stereocenters. The molecule has 0 aromatic rings. The molecule has 69 valence electrons. The summed E-state index contributed by atoms with van der Waals surface area (Å²) in [7, 11) is 0. The van der Waals surface area contributed by atoms with Crippen LogP contribution in [0.5, 0.6) is 0 Å². The van der Waals surface area contributed by atoms with Crippen molar-refractivity contribution < 1.29 is 4.74 Å². The van der Waals surface area contributed by atoms with Crippen LogP contribution in [0.25, 0.3) is 0 Å². The van der Waals surface area contributed by atoms with Crippen molar-refractivity contribution in [2.24, 2.45) is 0 Å². The molecule has 2 heteroatoms. The maximum atomic E-state index is 5.60. The number of nitrogens with zero attached hydrogens (tertiary/aromatic N) is 1. The Balaban J connectivity index is 1.69. The molecule has 0 spiro atoms. The molecule has 0 aromatic carbocycles. The average molecular weight is 168 g/mol. The van der Waals surface area contributed by atoms with Crippen LogP contribution in [-0.4, -0.2) is 25.3 Å². The molecule has 2 rings (SSSR count). The summed E-state index contributed by atoms with van der Waals surface area (Å²) in [6.07, 6.45) is 8.25. The van der Waals surface area contributed by atoms with Crippen LogP contribution in [-0.2, 0) is 4.74 Å². The van der Waals surface area contributed by atoms with Gasteiger partial charge in [0, 0.05) is 19.2 Å². The van der Waals surface area contributed by atoms with Gasteiger partial charge in [0.15, 0.2) is 0 Å². The highest BCUT2D eigenvalue weighted by Crippen LogP contribution is 2.21. The zero-order valence-electron chi connectivity index (χ0n) is 7.67. The highest BCUT2D eigenvalue weighted by Gasteiger charge is 2.22. The van der Waals surface area contributed by atoms with Crippen molar-refractivity contribution in [1.29, 1.82) is 0 Å². The molecule has 2 aliphatic rings. The summed E-state index contributed by atoms with van der Waals surface area (Å²) in [6.45, 7) is 2.08. The molecular formula is C10H18NO. The van der Waals surface area contributed by atoms with Crippen LogP contribution in [0, 0.1) is 0 Å². The van der Waals surface area contributed by atoms with E-state index in [4.69, 9.17) is 4.74 Å². The van der Waals surface area contributed by atoms with Crippen LogP contribution >= 0.6 is 0 Å². The van der Waals surface area contributed by atoms with E-state index in [1.54, 1.807) is 0 Å². The minimum Gasteiger partial charge on any atom is -0.378 e. The van der Waals surface area contributed by atoms with E-state index >= 15 is 0 Å². The van der Waals surface area contributed by atoms with Crippen LogP contribution in [0.15, 0.2) is 0 Å². The van der Waals surface area contributed by atoms with Gasteiger partial charge in [-0.1, -0.05) is 6.42 Å². The van der Waals surface area contributed by atoms with Crippen molar-refractivity contribution in [3.63, 3.8) is 0 Å². The molecule has 0 aliphatic carbocycles. The maximum absolute atomic E-state index is 5.60. The maximum Gasteiger partial charge on any atom is 0.0591 e. The lowest BCUT2D eigenvalue weighted by molar-refractivity contribution is 0.0908. The Hall–Kier alpha value is -0.0800. The Kier molecular flexibility index (Phi) is 3.01. The molecule has 0 amide bonds. The first-order chi connectivity index (χ1) is 5.95. The van der Waals surface area contributed by atoms with Gasteiger partial charge in [-0.15, -0.1) is 0 Å². The lowest BCUT2D eigenvalue weighted by atomic mass is 9.98. The highest BCUT2D eigenvalue weighted by molar-refractivity contribution is 4.77. The van der Waals surface area contributed by atoms with Gasteiger partial charge in [0.1, 0.15) is 0 Å². The van der Waals surface area contributed by atoms with Gasteiger partial charge >= 0.3 is 0 Å². The molecular weight excluding hydrogens is 150 g/mol. The van der Waals surface area contributed by atoms with Gasteiger partial charge in [-0.3, -0.25) is 0 Å². The number of hydrogen-bond donors (Lipinski definition) is 0. The molecule has 2 saturated heterocycles. The molecule has 0 saturated carbocycles. The Bertz CT molecular complexity index is 126. The van der Waals surface area contributed by atoms with E-state index in [1.165, 1.54) is 38.5 Å². The fourth-order valence-electron chi connectivity index (χ4n) is 2.18. The van der Waals surface area contributed by atoms with Gasteiger partial charge in [0.05, 0.1) is 6.10 Å². The summed E-state index contributed by atoms with van der Waals surface area (Å²) in [6, 6.07) is 0.627. The van der Waals surface area contributed by atoms with E-state index < -0.39 is 0 Å². The monoisotopic (exact) mass is 168 g/mol. The molecule has 12 heavy (non-hydrogen) atoms. The first-order valence-electron chi connectivity index (χ1n) is 5.23. The van der Waals surface area contributed by atoms with Crippen LogP contribution in [0.3, 0.4) is 0 Å². The van der Waals surface area contributed by atoms with E-state index in [0.717, 1.165) is 13.2 Å². The molecule has 2 aliphatic heterocycles. The van der Waals surface area contributed by atoms with Crippen molar-refractivity contribution in [3.8, 4) is 0 Å². The molecule has 2 nitrogen and oxygen atoms in total. The van der Waals surface area contributed by atoms with Crippen LogP contribution in [0.1, 0.15) is 38.5 Å². The third kappa shape index (κ3) is 2.20. The van der Waals surface area contributed by atoms with Gasteiger partial charge in [0.2, 0.25) is 0 Å². The number of hydrogen-bond acceptors (Lipinski definition) is 1. The quantitative estimate of drug-likeness (QED) is 0.615. The summed E-state index contributed by atoms with van der Waals surface area (Å²) in [5.74, 6) is 0. The molecule has 2 atom stereocenters. The molecule has 1 radical (unpaired) electrons. The minimum absolute atomic E-state index is 0.539. The normalized spacial score (nSPS) is 37.0. The third-order valence-corrected chi connectivity index (χ3v) is 2.89. The van der Waals surface area contributed by atoms with Crippen molar-refractivity contribution in [3.05, 3.63) is 0 Å². The zero-order valence-corrected chi connectivity index (χ0v) is 7.67. The van der Waals surface area contributed by atoms with E-state index in [9.17, 15) is 0 Å². The summed E-state index contributed by atoms with van der Waals surface area (Å²) in [4.78, 5) is 0. The van der Waals surface area contributed by atoms with Gasteiger partial charge in [-0.2, -0.15) is 0 Å². The number of piperidine rings is 1. The highest BCUT2D eigenvalue weighted by atomic mass is 16.5. The number of rotatable bonds is 2. The van der Waals surface area contributed by atoms with Crippen molar-refractivity contribution in [2.75, 3.05) is 13.2 Å². The van der Waals surface area contributed by atoms with Crippen LogP contribution in [0.4, 0.5) is 0 Å². The number of ether oxygens (including phenoxy) is 1. The zero-order chi connectivity index (χ0) is 8.23. The fraction of sp³-hybridized carbons (Fsp3) is 1.00. The second-order valence-electron chi connectivity index (χ2n) is 3.93. The van der Waals surface area contributed by atoms with Crippen LogP contribution < -0.4 is 5.32 Å². The topological polar surface area (TPSA) is 23.3 Å². The minimum atomic E-state index is 0.539. The second-order valence-corrected chi connectivity index (χ2v) is 3.93. The summed E-state index contributed by atoms with van der Waals surface area (Å²) in [5.41, 5.74) is 0. The molecule has 0 aromatic heterocycles. The van der Waals surface area contributed by atoms with Crippen molar-refractivity contribution >= 4 is 0 Å². The predicted molar refractivity (Wildman–Crippen MR) is 48.2 cm³/mol. The predicted octanol–water partition coefficient (Wildman–Crippen LogP) is 1.71. The van der Waals surface area contributed by atoms with Gasteiger partial charge in [-0.05, 0) is 32.1 Å². The van der Waals surface area contributed by atoms with Crippen molar-refractivity contribution in [2.45, 2.75) is 50.7 Å². The molecule has 0 N–H and O–H groups in total. The van der Waals surface area contributed by atoms with E-state index in [1.807, 2.05) is 0 Å². The Morgan fingerprint density at radius 1 is 1.17 bits per heavy atom. The van der Waals surface area contributed by atoms with Crippen molar-refractivity contribution in [1.82, 2.24) is 5.32 Å². The third-order valence-electron chi connectivity index (χ3n) is 2.89. The first-order valence-corrected chi connectivity index (χ1v) is 5.23. The smallest absolute Gasteiger partial charge is 0.0591 e. The SMILES string of the molecule is C1CCC(CC2CCCO2)[N]C1. The van der Waals surface area contributed by atoms with Gasteiger partial charge in [-0.25, -0.2) is 5.32 Å². The Morgan fingerprint density at radius 3 is 2.83 bits per heavy atom. The second kappa shape index (κ2) is 4.24. The molecule has 2 heterocycles. The molecule has 2 fully saturated rings. The lowest BCUT2D eigenvalue weighted by Crippen LogP contribution is -2.31.